The molecule has 2 unspecified atom stereocenters. The van der Waals surface area contributed by atoms with E-state index < -0.39 is 12.3 Å². The molecule has 0 fully saturated rings. The van der Waals surface area contributed by atoms with E-state index in [9.17, 15) is 9.90 Å². The molecular weight excluding hydrogens is 268 g/mol. The molecule has 0 aromatic heterocycles. The Morgan fingerprint density at radius 3 is 2.90 bits per heavy atom. The van der Waals surface area contributed by atoms with Gasteiger partial charge in [-0.1, -0.05) is 23.8 Å². The standard InChI is InChI=1S/C17H18O4/c1-10-6-7-13-12-5-3-4-11(2)14(12)9-20-17(16(18)19)21-15(13)8-10/h4,6-9,15,17H,3,5H2,1-2H3,(H,18,19)/b13-12-,14-9?. The van der Waals surface area contributed by atoms with Gasteiger partial charge < -0.3 is 14.6 Å². The third-order valence-corrected chi connectivity index (χ3v) is 3.97. The van der Waals surface area contributed by atoms with Crippen LogP contribution in [-0.4, -0.2) is 23.5 Å². The van der Waals surface area contributed by atoms with Crippen LogP contribution < -0.4 is 0 Å². The Balaban J connectivity index is 2.11. The van der Waals surface area contributed by atoms with Gasteiger partial charge in [-0.3, -0.25) is 0 Å². The topological polar surface area (TPSA) is 55.8 Å². The first kappa shape index (κ1) is 13.9. The van der Waals surface area contributed by atoms with Gasteiger partial charge in [0.2, 0.25) is 0 Å². The molecule has 0 saturated carbocycles. The summed E-state index contributed by atoms with van der Waals surface area (Å²) in [6, 6.07) is 0. The number of carboxylic acids is 1. The Bertz CT molecular complexity index is 631. The Kier molecular flexibility index (Phi) is 3.55. The van der Waals surface area contributed by atoms with Gasteiger partial charge in [0, 0.05) is 5.57 Å². The maximum atomic E-state index is 11.3. The zero-order valence-corrected chi connectivity index (χ0v) is 12.1. The lowest BCUT2D eigenvalue weighted by Gasteiger charge is -2.30. The van der Waals surface area contributed by atoms with Crippen molar-refractivity contribution in [3.8, 4) is 0 Å². The lowest BCUT2D eigenvalue weighted by Crippen LogP contribution is -2.33. The predicted octanol–water partition coefficient (Wildman–Crippen LogP) is 3.25. The molecular formula is C17H18O4. The van der Waals surface area contributed by atoms with Gasteiger partial charge in [0.15, 0.2) is 0 Å². The molecule has 0 radical (unpaired) electrons. The molecule has 0 aromatic carbocycles. The quantitative estimate of drug-likeness (QED) is 0.804. The smallest absolute Gasteiger partial charge is 0.373 e. The number of fused-ring (bicyclic) bond motifs is 2. The second-order valence-electron chi connectivity index (χ2n) is 5.50. The van der Waals surface area contributed by atoms with Crippen LogP contribution in [0.1, 0.15) is 26.7 Å². The van der Waals surface area contributed by atoms with Crippen molar-refractivity contribution in [3.05, 3.63) is 58.4 Å². The van der Waals surface area contributed by atoms with Crippen molar-refractivity contribution in [1.29, 1.82) is 0 Å². The monoisotopic (exact) mass is 286 g/mol. The van der Waals surface area contributed by atoms with E-state index in [-0.39, 0.29) is 6.10 Å². The molecule has 0 bridgehead atoms. The van der Waals surface area contributed by atoms with E-state index in [1.807, 2.05) is 32.1 Å². The van der Waals surface area contributed by atoms with Gasteiger partial charge in [-0.2, -0.15) is 0 Å². The molecule has 1 heterocycles. The number of allylic oxidation sites excluding steroid dienone is 6. The first-order valence-electron chi connectivity index (χ1n) is 7.07. The van der Waals surface area contributed by atoms with Crippen LogP contribution in [0.25, 0.3) is 0 Å². The lowest BCUT2D eigenvalue weighted by molar-refractivity contribution is -0.181. The third kappa shape index (κ3) is 2.59. The van der Waals surface area contributed by atoms with Crippen LogP contribution >= 0.6 is 0 Å². The molecule has 1 N–H and O–H groups in total. The van der Waals surface area contributed by atoms with Crippen molar-refractivity contribution in [1.82, 2.24) is 0 Å². The minimum atomic E-state index is -1.29. The summed E-state index contributed by atoms with van der Waals surface area (Å²) < 4.78 is 11.0. The van der Waals surface area contributed by atoms with Crippen molar-refractivity contribution in [2.45, 2.75) is 39.1 Å². The average molecular weight is 286 g/mol. The molecule has 0 amide bonds. The molecule has 2 atom stereocenters. The van der Waals surface area contributed by atoms with Gasteiger partial charge in [-0.25, -0.2) is 4.79 Å². The van der Waals surface area contributed by atoms with E-state index in [2.05, 4.69) is 6.08 Å². The van der Waals surface area contributed by atoms with Crippen molar-refractivity contribution >= 4 is 5.97 Å². The summed E-state index contributed by atoms with van der Waals surface area (Å²) in [6.45, 7) is 4.00. The molecule has 21 heavy (non-hydrogen) atoms. The second kappa shape index (κ2) is 5.37. The first-order chi connectivity index (χ1) is 10.1. The van der Waals surface area contributed by atoms with E-state index in [1.165, 1.54) is 11.8 Å². The number of ether oxygens (including phenoxy) is 2. The molecule has 0 spiro atoms. The summed E-state index contributed by atoms with van der Waals surface area (Å²) in [6.07, 6.45) is 9.92. The highest BCUT2D eigenvalue weighted by Crippen LogP contribution is 2.37. The minimum absolute atomic E-state index is 0.374. The second-order valence-corrected chi connectivity index (χ2v) is 5.50. The van der Waals surface area contributed by atoms with Crippen LogP contribution in [0.5, 0.6) is 0 Å². The Labute approximate surface area is 123 Å². The summed E-state index contributed by atoms with van der Waals surface area (Å²) in [7, 11) is 0. The fourth-order valence-electron chi connectivity index (χ4n) is 2.88. The molecule has 110 valence electrons. The highest BCUT2D eigenvalue weighted by molar-refractivity contribution is 5.71. The van der Waals surface area contributed by atoms with Crippen molar-refractivity contribution in [2.24, 2.45) is 0 Å². The summed E-state index contributed by atoms with van der Waals surface area (Å²) in [5.74, 6) is -1.12. The highest BCUT2D eigenvalue weighted by Gasteiger charge is 2.31. The Morgan fingerprint density at radius 1 is 1.33 bits per heavy atom. The normalized spacial score (nSPS) is 31.6. The van der Waals surface area contributed by atoms with E-state index in [4.69, 9.17) is 9.47 Å². The van der Waals surface area contributed by atoms with Crippen LogP contribution in [0, 0.1) is 0 Å². The van der Waals surface area contributed by atoms with Crippen LogP contribution in [0.2, 0.25) is 0 Å². The zero-order valence-electron chi connectivity index (χ0n) is 12.1. The van der Waals surface area contributed by atoms with Crippen molar-refractivity contribution < 1.29 is 19.4 Å². The Hall–Kier alpha value is -2.07. The molecule has 3 rings (SSSR count). The summed E-state index contributed by atoms with van der Waals surface area (Å²) >= 11 is 0. The number of aliphatic carboxylic acids is 1. The van der Waals surface area contributed by atoms with Gasteiger partial charge >= 0.3 is 5.97 Å². The largest absolute Gasteiger partial charge is 0.477 e. The number of hydrogen-bond acceptors (Lipinski definition) is 3. The van der Waals surface area contributed by atoms with Crippen LogP contribution in [0.4, 0.5) is 0 Å². The molecule has 2 aliphatic carbocycles. The summed E-state index contributed by atoms with van der Waals surface area (Å²) in [4.78, 5) is 11.3. The number of carbonyl (C=O) groups is 1. The van der Waals surface area contributed by atoms with Crippen LogP contribution in [-0.2, 0) is 14.3 Å². The van der Waals surface area contributed by atoms with E-state index in [0.717, 1.165) is 35.1 Å². The van der Waals surface area contributed by atoms with E-state index in [0.29, 0.717) is 0 Å². The minimum Gasteiger partial charge on any atom is -0.477 e. The number of rotatable bonds is 1. The van der Waals surface area contributed by atoms with Crippen LogP contribution in [0.15, 0.2) is 58.4 Å². The Morgan fingerprint density at radius 2 is 2.14 bits per heavy atom. The summed E-state index contributed by atoms with van der Waals surface area (Å²) in [5.41, 5.74) is 5.38. The fraction of sp³-hybridized carbons (Fsp3) is 0.353. The van der Waals surface area contributed by atoms with Gasteiger partial charge in [0.25, 0.3) is 6.29 Å². The summed E-state index contributed by atoms with van der Waals surface area (Å²) in [5, 5.41) is 9.22. The zero-order chi connectivity index (χ0) is 15.0. The maximum Gasteiger partial charge on any atom is 0.373 e. The van der Waals surface area contributed by atoms with E-state index in [1.54, 1.807) is 0 Å². The fourth-order valence-corrected chi connectivity index (χ4v) is 2.88. The SMILES string of the molecule is CC1=CC2OC(C(=O)O)OC=C3C(C)=CCC/C3=C/2C=C1. The van der Waals surface area contributed by atoms with Crippen molar-refractivity contribution in [3.63, 3.8) is 0 Å². The van der Waals surface area contributed by atoms with Crippen molar-refractivity contribution in [2.75, 3.05) is 0 Å². The third-order valence-electron chi connectivity index (χ3n) is 3.97. The van der Waals surface area contributed by atoms with Gasteiger partial charge in [-0.05, 0) is 49.5 Å². The molecule has 0 aromatic rings. The molecule has 3 aliphatic rings. The van der Waals surface area contributed by atoms with E-state index >= 15 is 0 Å². The van der Waals surface area contributed by atoms with Gasteiger partial charge in [-0.15, -0.1) is 0 Å². The maximum absolute atomic E-state index is 11.3. The van der Waals surface area contributed by atoms with Crippen LogP contribution in [0.3, 0.4) is 0 Å². The molecule has 1 aliphatic heterocycles. The molecule has 0 saturated heterocycles. The number of hydrogen-bond donors (Lipinski definition) is 1. The number of carboxylic acid groups (broad SMARTS) is 1. The molecule has 4 heteroatoms. The molecule has 4 nitrogen and oxygen atoms in total. The average Bonchev–Trinajstić information content (AvgIpc) is 2.42. The van der Waals surface area contributed by atoms with Gasteiger partial charge in [0.1, 0.15) is 6.10 Å². The lowest BCUT2D eigenvalue weighted by atomic mass is 9.83. The van der Waals surface area contributed by atoms with Gasteiger partial charge in [0.05, 0.1) is 6.26 Å². The predicted molar refractivity (Wildman–Crippen MR) is 78.4 cm³/mol. The first-order valence-corrected chi connectivity index (χ1v) is 7.07. The highest BCUT2D eigenvalue weighted by atomic mass is 16.7.